The molecule has 1 heterocycles. The van der Waals surface area contributed by atoms with Crippen molar-refractivity contribution in [1.82, 2.24) is 15.0 Å². The minimum Gasteiger partial charge on any atom is -0.351 e. The van der Waals surface area contributed by atoms with Crippen molar-refractivity contribution < 1.29 is 18.0 Å². The molecule has 0 unspecified atom stereocenters. The molecule has 9 heteroatoms. The highest BCUT2D eigenvalue weighted by Gasteiger charge is 2.41. The minimum atomic E-state index is -4.43. The average Bonchev–Trinajstić information content (AvgIpc) is 3.46. The predicted octanol–water partition coefficient (Wildman–Crippen LogP) is 2.78. The maximum atomic E-state index is 12.8. The van der Waals surface area contributed by atoms with Gasteiger partial charge in [0.2, 0.25) is 17.7 Å². The zero-order valence-corrected chi connectivity index (χ0v) is 14.5. The van der Waals surface area contributed by atoms with Gasteiger partial charge in [-0.25, -0.2) is 0 Å². The van der Waals surface area contributed by atoms with E-state index < -0.39 is 17.6 Å². The molecule has 0 spiro atoms. The first-order valence-electron chi connectivity index (χ1n) is 8.56. The minimum absolute atomic E-state index is 0.0375. The summed E-state index contributed by atoms with van der Waals surface area (Å²) in [4.78, 5) is 23.2. The highest BCUT2D eigenvalue weighted by Crippen LogP contribution is 2.42. The van der Waals surface area contributed by atoms with Gasteiger partial charge in [-0.1, -0.05) is 5.92 Å². The molecular formula is C17H20F3N5O. The van der Waals surface area contributed by atoms with E-state index in [9.17, 15) is 18.0 Å². The third-order valence-electron chi connectivity index (χ3n) is 4.60. The van der Waals surface area contributed by atoms with Crippen LogP contribution in [0.25, 0.3) is 0 Å². The van der Waals surface area contributed by atoms with Crippen LogP contribution in [0.1, 0.15) is 45.4 Å². The molecule has 0 aromatic carbocycles. The Morgan fingerprint density at radius 2 is 1.77 bits per heavy atom. The number of aromatic nitrogens is 3. The van der Waals surface area contributed by atoms with Gasteiger partial charge in [0.25, 0.3) is 0 Å². The van der Waals surface area contributed by atoms with E-state index in [1.54, 1.807) is 0 Å². The summed E-state index contributed by atoms with van der Waals surface area (Å²) in [5.41, 5.74) is -0.658. The molecule has 2 N–H and O–H groups in total. The first-order valence-corrected chi connectivity index (χ1v) is 8.56. The number of anilines is 2. The van der Waals surface area contributed by atoms with Gasteiger partial charge in [-0.2, -0.15) is 28.1 Å². The predicted molar refractivity (Wildman–Crippen MR) is 89.4 cm³/mol. The third-order valence-corrected chi connectivity index (χ3v) is 4.60. The highest BCUT2D eigenvalue weighted by atomic mass is 19.4. The van der Waals surface area contributed by atoms with Crippen molar-refractivity contribution in [2.75, 3.05) is 10.6 Å². The lowest BCUT2D eigenvalue weighted by molar-refractivity contribution is -0.138. The molecule has 1 aromatic rings. The average molecular weight is 367 g/mol. The normalized spacial score (nSPS) is 20.3. The smallest absolute Gasteiger partial charge is 0.351 e. The fourth-order valence-electron chi connectivity index (χ4n) is 2.34. The van der Waals surface area contributed by atoms with E-state index in [1.807, 2.05) is 6.92 Å². The van der Waals surface area contributed by atoms with Gasteiger partial charge in [-0.05, 0) is 51.4 Å². The summed E-state index contributed by atoms with van der Waals surface area (Å²) >= 11 is 0. The van der Waals surface area contributed by atoms with Crippen LogP contribution < -0.4 is 10.6 Å². The number of carbonyl (C=O) groups excluding carboxylic acids is 1. The summed E-state index contributed by atoms with van der Waals surface area (Å²) in [6.07, 6.45) is -0.0828. The molecule has 2 fully saturated rings. The summed E-state index contributed by atoms with van der Waals surface area (Å²) in [5.74, 6) is 6.05. The van der Waals surface area contributed by atoms with Gasteiger partial charge in [-0.3, -0.25) is 0 Å². The summed E-state index contributed by atoms with van der Waals surface area (Å²) in [6, 6.07) is -1.71. The topological polar surface area (TPSA) is 79.8 Å². The second-order valence-electron chi connectivity index (χ2n) is 7.01. The Bertz CT molecular complexity index is 747. The first kappa shape index (κ1) is 18.4. The van der Waals surface area contributed by atoms with Gasteiger partial charge in [0.15, 0.2) is 0 Å². The number of nitrogens with zero attached hydrogens (tertiary/aromatic N) is 3. The zero-order chi connectivity index (χ0) is 18.9. The molecule has 0 saturated heterocycles. The summed E-state index contributed by atoms with van der Waals surface area (Å²) in [6.45, 7) is 2.96. The molecule has 1 aromatic heterocycles. The van der Waals surface area contributed by atoms with Crippen LogP contribution in [0.3, 0.4) is 0 Å². The lowest BCUT2D eigenvalue weighted by Gasteiger charge is -2.18. The number of hydrogen-bond donors (Lipinski definition) is 2. The second kappa shape index (κ2) is 6.74. The van der Waals surface area contributed by atoms with Gasteiger partial charge in [0, 0.05) is 6.04 Å². The maximum absolute atomic E-state index is 12.8. The molecule has 2 aliphatic carbocycles. The Hall–Kier alpha value is -2.37. The number of rotatable bonds is 6. The van der Waals surface area contributed by atoms with E-state index in [0.29, 0.717) is 18.8 Å². The van der Waals surface area contributed by atoms with Crippen LogP contribution in [0.2, 0.25) is 0 Å². The van der Waals surface area contributed by atoms with Crippen molar-refractivity contribution >= 4 is 18.2 Å². The van der Waals surface area contributed by atoms with Crippen molar-refractivity contribution in [2.24, 2.45) is 11.3 Å². The van der Waals surface area contributed by atoms with E-state index in [2.05, 4.69) is 37.4 Å². The molecule has 0 amide bonds. The third kappa shape index (κ3) is 4.62. The second-order valence-corrected chi connectivity index (χ2v) is 7.01. The van der Waals surface area contributed by atoms with E-state index in [1.165, 1.54) is 0 Å². The summed E-state index contributed by atoms with van der Waals surface area (Å²) < 4.78 is 38.4. The van der Waals surface area contributed by atoms with E-state index in [4.69, 9.17) is 0 Å². The van der Waals surface area contributed by atoms with Crippen LogP contribution in [0.4, 0.5) is 25.1 Å². The molecule has 2 saturated carbocycles. The lowest BCUT2D eigenvalue weighted by atomic mass is 10.1. The molecule has 6 nitrogen and oxygen atoms in total. The first-order chi connectivity index (χ1) is 12.2. The number of hydrogen-bond acceptors (Lipinski definition) is 6. The fraction of sp³-hybridized carbons (Fsp3) is 0.647. The Kier molecular flexibility index (Phi) is 4.78. The molecule has 2 aliphatic rings. The van der Waals surface area contributed by atoms with Gasteiger partial charge < -0.3 is 15.4 Å². The molecule has 3 rings (SSSR count). The van der Waals surface area contributed by atoms with Gasteiger partial charge in [0.05, 0.1) is 5.41 Å². The number of halogens is 3. The summed E-state index contributed by atoms with van der Waals surface area (Å²) in [5, 5.41) is 5.35. The van der Waals surface area contributed by atoms with Crippen molar-refractivity contribution in [2.45, 2.75) is 57.8 Å². The fourth-order valence-corrected chi connectivity index (χ4v) is 2.34. The van der Waals surface area contributed by atoms with Crippen LogP contribution >= 0.6 is 0 Å². The van der Waals surface area contributed by atoms with Gasteiger partial charge in [0.1, 0.15) is 12.3 Å². The Morgan fingerprint density at radius 1 is 1.15 bits per heavy atom. The summed E-state index contributed by atoms with van der Waals surface area (Å²) in [7, 11) is 0. The SMILES string of the molecule is C[C@@H](Nc1nc(C#CC2(C=O)CC2)nc(N[C@H](C)C(F)(F)F)n1)C1CC1. The number of nitrogens with one attached hydrogen (secondary N) is 2. The largest absolute Gasteiger partial charge is 0.408 e. The van der Waals surface area contributed by atoms with Crippen molar-refractivity contribution in [3.05, 3.63) is 5.82 Å². The molecule has 2 atom stereocenters. The van der Waals surface area contributed by atoms with Gasteiger partial charge in [-0.15, -0.1) is 0 Å². The van der Waals surface area contributed by atoms with Crippen molar-refractivity contribution in [1.29, 1.82) is 0 Å². The number of aldehydes is 1. The molecule has 0 aliphatic heterocycles. The lowest BCUT2D eigenvalue weighted by Crippen LogP contribution is -2.34. The van der Waals surface area contributed by atoms with E-state index in [0.717, 1.165) is 26.1 Å². The standard InChI is InChI=1S/C17H20F3N5O/c1-10(12-3-4-12)21-14-23-13(5-6-16(9-26)7-8-16)24-15(25-14)22-11(2)17(18,19)20/h9-12H,3-4,7-8H2,1-2H3,(H2,21,22,23,24,25)/t10-,11-/m1/s1. The van der Waals surface area contributed by atoms with Gasteiger partial charge >= 0.3 is 6.18 Å². The Balaban J connectivity index is 1.84. The molecular weight excluding hydrogens is 347 g/mol. The Morgan fingerprint density at radius 3 is 2.27 bits per heavy atom. The van der Waals surface area contributed by atoms with Crippen LogP contribution in [-0.4, -0.2) is 39.5 Å². The van der Waals surface area contributed by atoms with Crippen LogP contribution in [0.15, 0.2) is 0 Å². The van der Waals surface area contributed by atoms with Crippen molar-refractivity contribution in [3.8, 4) is 11.8 Å². The van der Waals surface area contributed by atoms with Crippen LogP contribution in [0.5, 0.6) is 0 Å². The zero-order valence-electron chi connectivity index (χ0n) is 14.5. The molecule has 0 radical (unpaired) electrons. The van der Waals surface area contributed by atoms with Crippen LogP contribution in [-0.2, 0) is 4.79 Å². The molecule has 140 valence electrons. The monoisotopic (exact) mass is 367 g/mol. The Labute approximate surface area is 149 Å². The maximum Gasteiger partial charge on any atom is 0.408 e. The molecule has 26 heavy (non-hydrogen) atoms. The quantitative estimate of drug-likeness (QED) is 0.595. The van der Waals surface area contributed by atoms with E-state index >= 15 is 0 Å². The number of alkyl halides is 3. The van der Waals surface area contributed by atoms with E-state index in [-0.39, 0.29) is 23.8 Å². The van der Waals surface area contributed by atoms with Crippen LogP contribution in [0, 0.1) is 23.2 Å². The molecule has 0 bridgehead atoms. The highest BCUT2D eigenvalue weighted by molar-refractivity contribution is 5.69. The number of carbonyl (C=O) groups is 1. The van der Waals surface area contributed by atoms with Crippen molar-refractivity contribution in [3.63, 3.8) is 0 Å².